The number of hydrogen-bond donors (Lipinski definition) is 2. The Kier molecular flexibility index (Phi) is 4.96. The molecular weight excluding hydrogens is 316 g/mol. The van der Waals surface area contributed by atoms with Crippen LogP contribution in [0, 0.1) is 5.41 Å². The van der Waals surface area contributed by atoms with Crippen molar-refractivity contribution < 1.29 is 14.3 Å². The zero-order valence-corrected chi connectivity index (χ0v) is 15.6. The van der Waals surface area contributed by atoms with Crippen LogP contribution in [0.4, 0.5) is 0 Å². The number of rotatable bonds is 4. The van der Waals surface area contributed by atoms with Crippen LogP contribution in [-0.4, -0.2) is 31.7 Å². The summed E-state index contributed by atoms with van der Waals surface area (Å²) in [5.41, 5.74) is 7.04. The van der Waals surface area contributed by atoms with Crippen LogP contribution in [0.15, 0.2) is 18.2 Å². The van der Waals surface area contributed by atoms with Crippen LogP contribution < -0.4 is 20.5 Å². The second kappa shape index (κ2) is 6.87. The number of amides is 1. The number of fused-ring (bicyclic) bond motifs is 1. The van der Waals surface area contributed by atoms with Gasteiger partial charge in [0.2, 0.25) is 5.91 Å². The summed E-state index contributed by atoms with van der Waals surface area (Å²) in [6.45, 7) is 7.77. The van der Waals surface area contributed by atoms with Crippen molar-refractivity contribution in [3.05, 3.63) is 23.8 Å². The molecule has 1 atom stereocenters. The Morgan fingerprint density at radius 1 is 1.20 bits per heavy atom. The predicted molar refractivity (Wildman–Crippen MR) is 98.0 cm³/mol. The molecule has 0 bridgehead atoms. The first kappa shape index (κ1) is 18.1. The molecule has 3 rings (SSSR count). The van der Waals surface area contributed by atoms with E-state index in [1.807, 2.05) is 26.8 Å². The summed E-state index contributed by atoms with van der Waals surface area (Å²) in [6, 6.07) is 5.70. The number of carbonyl (C=O) groups is 1. The minimum atomic E-state index is -0.508. The van der Waals surface area contributed by atoms with Gasteiger partial charge in [-0.05, 0) is 36.0 Å². The second-order valence-corrected chi connectivity index (χ2v) is 8.41. The van der Waals surface area contributed by atoms with Crippen molar-refractivity contribution in [2.45, 2.75) is 57.9 Å². The van der Waals surface area contributed by atoms with Gasteiger partial charge >= 0.3 is 0 Å². The van der Waals surface area contributed by atoms with Gasteiger partial charge in [0.15, 0.2) is 11.5 Å². The van der Waals surface area contributed by atoms with Crippen LogP contribution in [0.25, 0.3) is 0 Å². The third kappa shape index (κ3) is 3.76. The van der Waals surface area contributed by atoms with Gasteiger partial charge < -0.3 is 20.5 Å². The summed E-state index contributed by atoms with van der Waals surface area (Å²) >= 11 is 0. The fraction of sp³-hybridized carbons (Fsp3) is 0.650. The fourth-order valence-corrected chi connectivity index (χ4v) is 3.75. The van der Waals surface area contributed by atoms with Crippen LogP contribution in [0.3, 0.4) is 0 Å². The number of ether oxygens (including phenoxy) is 2. The van der Waals surface area contributed by atoms with Gasteiger partial charge in [-0.3, -0.25) is 4.79 Å². The number of benzene rings is 1. The topological polar surface area (TPSA) is 73.6 Å². The molecule has 0 unspecified atom stereocenters. The number of hydrogen-bond acceptors (Lipinski definition) is 4. The van der Waals surface area contributed by atoms with Gasteiger partial charge in [-0.2, -0.15) is 0 Å². The maximum atomic E-state index is 12.5. The normalized spacial score (nSPS) is 20.2. The van der Waals surface area contributed by atoms with Gasteiger partial charge in [-0.1, -0.05) is 39.7 Å². The quantitative estimate of drug-likeness (QED) is 0.879. The van der Waals surface area contributed by atoms with Crippen LogP contribution in [-0.2, 0) is 10.2 Å². The van der Waals surface area contributed by atoms with Gasteiger partial charge in [0.1, 0.15) is 13.2 Å². The molecule has 1 aliphatic heterocycles. The van der Waals surface area contributed by atoms with E-state index in [1.165, 1.54) is 18.4 Å². The monoisotopic (exact) mass is 346 g/mol. The van der Waals surface area contributed by atoms with Gasteiger partial charge in [-0.25, -0.2) is 0 Å². The summed E-state index contributed by atoms with van der Waals surface area (Å²) in [4.78, 5) is 12.5. The molecule has 1 aromatic rings. The molecule has 0 aromatic heterocycles. The lowest BCUT2D eigenvalue weighted by Crippen LogP contribution is -2.51. The van der Waals surface area contributed by atoms with Crippen molar-refractivity contribution in [1.29, 1.82) is 0 Å². The molecule has 1 amide bonds. The van der Waals surface area contributed by atoms with Crippen LogP contribution in [0.5, 0.6) is 11.5 Å². The highest BCUT2D eigenvalue weighted by molar-refractivity contribution is 5.82. The Balaban J connectivity index is 1.77. The average Bonchev–Trinajstić information content (AvgIpc) is 3.08. The highest BCUT2D eigenvalue weighted by Crippen LogP contribution is 2.43. The molecule has 138 valence electrons. The Hall–Kier alpha value is -1.75. The molecule has 5 heteroatoms. The van der Waals surface area contributed by atoms with Crippen LogP contribution in [0.1, 0.15) is 52.0 Å². The van der Waals surface area contributed by atoms with E-state index in [2.05, 4.69) is 17.4 Å². The van der Waals surface area contributed by atoms with E-state index in [0.29, 0.717) is 19.8 Å². The molecule has 0 saturated heterocycles. The molecular formula is C20H30N2O3. The highest BCUT2D eigenvalue weighted by Gasteiger charge is 2.38. The Morgan fingerprint density at radius 3 is 2.48 bits per heavy atom. The van der Waals surface area contributed by atoms with E-state index >= 15 is 0 Å². The van der Waals surface area contributed by atoms with E-state index in [0.717, 1.165) is 24.3 Å². The van der Waals surface area contributed by atoms with E-state index < -0.39 is 6.04 Å². The highest BCUT2D eigenvalue weighted by atomic mass is 16.6. The first-order valence-corrected chi connectivity index (χ1v) is 9.25. The van der Waals surface area contributed by atoms with Gasteiger partial charge in [0, 0.05) is 12.0 Å². The SMILES string of the molecule is CC(C)(C)[C@H](N)C(=O)NCC1(c2ccc3c(c2)OCCO3)CCCC1. The largest absolute Gasteiger partial charge is 0.486 e. The predicted octanol–water partition coefficient (Wildman–Crippen LogP) is 2.76. The zero-order valence-electron chi connectivity index (χ0n) is 15.6. The summed E-state index contributed by atoms with van der Waals surface area (Å²) in [5.74, 6) is 1.55. The number of carbonyl (C=O) groups excluding carboxylic acids is 1. The van der Waals surface area contributed by atoms with E-state index in [-0.39, 0.29) is 16.7 Å². The Labute approximate surface area is 150 Å². The number of nitrogens with one attached hydrogen (secondary N) is 1. The molecule has 5 nitrogen and oxygen atoms in total. The maximum Gasteiger partial charge on any atom is 0.237 e. The molecule has 0 radical (unpaired) electrons. The molecule has 1 aliphatic carbocycles. The van der Waals surface area contributed by atoms with Gasteiger partial charge in [0.25, 0.3) is 0 Å². The molecule has 25 heavy (non-hydrogen) atoms. The van der Waals surface area contributed by atoms with Crippen molar-refractivity contribution in [2.75, 3.05) is 19.8 Å². The smallest absolute Gasteiger partial charge is 0.237 e. The van der Waals surface area contributed by atoms with Gasteiger partial charge in [-0.15, -0.1) is 0 Å². The lowest BCUT2D eigenvalue weighted by molar-refractivity contribution is -0.124. The van der Waals surface area contributed by atoms with E-state index in [9.17, 15) is 4.79 Å². The zero-order chi connectivity index (χ0) is 18.1. The minimum Gasteiger partial charge on any atom is -0.486 e. The Bertz CT molecular complexity index is 630. The molecule has 1 heterocycles. The number of nitrogens with two attached hydrogens (primary N) is 1. The molecule has 0 spiro atoms. The van der Waals surface area contributed by atoms with Crippen molar-refractivity contribution >= 4 is 5.91 Å². The third-order valence-corrected chi connectivity index (χ3v) is 5.53. The van der Waals surface area contributed by atoms with Crippen LogP contribution in [0.2, 0.25) is 0 Å². The van der Waals surface area contributed by atoms with Crippen molar-refractivity contribution in [3.8, 4) is 11.5 Å². The van der Waals surface area contributed by atoms with Crippen molar-refractivity contribution in [2.24, 2.45) is 11.1 Å². The molecule has 1 saturated carbocycles. The molecule has 1 fully saturated rings. The average molecular weight is 346 g/mol. The first-order valence-electron chi connectivity index (χ1n) is 9.25. The van der Waals surface area contributed by atoms with Crippen molar-refractivity contribution in [1.82, 2.24) is 5.32 Å². The Morgan fingerprint density at radius 2 is 1.84 bits per heavy atom. The van der Waals surface area contributed by atoms with Gasteiger partial charge in [0.05, 0.1) is 6.04 Å². The van der Waals surface area contributed by atoms with Crippen molar-refractivity contribution in [3.63, 3.8) is 0 Å². The van der Waals surface area contributed by atoms with Crippen LogP contribution >= 0.6 is 0 Å². The van der Waals surface area contributed by atoms with E-state index in [1.54, 1.807) is 0 Å². The summed E-state index contributed by atoms with van der Waals surface area (Å²) < 4.78 is 11.4. The standard InChI is InChI=1S/C20H30N2O3/c1-19(2,3)17(21)18(23)22-13-20(8-4-5-9-20)14-6-7-15-16(12-14)25-11-10-24-15/h6-7,12,17H,4-5,8-11,13,21H2,1-3H3,(H,22,23)/t17-/m1/s1. The summed E-state index contributed by atoms with van der Waals surface area (Å²) in [7, 11) is 0. The lowest BCUT2D eigenvalue weighted by Gasteiger charge is -2.33. The second-order valence-electron chi connectivity index (χ2n) is 8.41. The third-order valence-electron chi connectivity index (χ3n) is 5.53. The molecule has 3 N–H and O–H groups in total. The summed E-state index contributed by atoms with van der Waals surface area (Å²) in [5, 5.41) is 3.11. The fourth-order valence-electron chi connectivity index (χ4n) is 3.75. The summed E-state index contributed by atoms with van der Waals surface area (Å²) in [6.07, 6.45) is 4.49. The first-order chi connectivity index (χ1) is 11.8. The minimum absolute atomic E-state index is 0.0386. The van der Waals surface area contributed by atoms with E-state index in [4.69, 9.17) is 15.2 Å². The molecule has 1 aromatic carbocycles. The molecule has 2 aliphatic rings. The lowest BCUT2D eigenvalue weighted by atomic mass is 9.78. The maximum absolute atomic E-state index is 12.5.